The summed E-state index contributed by atoms with van der Waals surface area (Å²) in [6, 6.07) is 8.34. The monoisotopic (exact) mass is 569 g/mol. The van der Waals surface area contributed by atoms with E-state index < -0.39 is 76.3 Å². The molecule has 2 amide bonds. The van der Waals surface area contributed by atoms with E-state index in [0.29, 0.717) is 17.7 Å². The summed E-state index contributed by atoms with van der Waals surface area (Å²) in [6.07, 6.45) is 0.471. The maximum Gasteiger partial charge on any atom is 0.275 e. The van der Waals surface area contributed by atoms with E-state index in [9.17, 15) is 32.3 Å². The molecule has 3 aromatic rings. The molecule has 3 atom stereocenters. The van der Waals surface area contributed by atoms with Crippen molar-refractivity contribution in [1.29, 1.82) is 0 Å². The molecule has 0 saturated carbocycles. The van der Waals surface area contributed by atoms with Gasteiger partial charge in [-0.2, -0.15) is 0 Å². The SMILES string of the molecule is CO[C@@H]1CC(=O)[C@H](C)N2C[C@H]1n1cc(C(=O)NCc3c(F)cc(F)cc3F)c(=O)c(OCc3ccccc3)c1C2=O. The third-order valence-corrected chi connectivity index (χ3v) is 7.47. The van der Waals surface area contributed by atoms with Gasteiger partial charge in [0.15, 0.2) is 17.2 Å². The van der Waals surface area contributed by atoms with Crippen LogP contribution in [0.15, 0.2) is 53.5 Å². The van der Waals surface area contributed by atoms with Crippen LogP contribution in [0.25, 0.3) is 0 Å². The van der Waals surface area contributed by atoms with E-state index in [1.165, 1.54) is 22.8 Å². The number of rotatable bonds is 7. The molecule has 214 valence electrons. The van der Waals surface area contributed by atoms with Gasteiger partial charge in [0.05, 0.1) is 18.2 Å². The van der Waals surface area contributed by atoms with Crippen LogP contribution in [0.3, 0.4) is 0 Å². The molecule has 3 heterocycles. The van der Waals surface area contributed by atoms with Crippen LogP contribution in [0.5, 0.6) is 5.75 Å². The molecular formula is C29H26F3N3O6. The number of carbonyl (C=O) groups is 3. The van der Waals surface area contributed by atoms with Crippen LogP contribution in [0.4, 0.5) is 13.2 Å². The van der Waals surface area contributed by atoms with Gasteiger partial charge in [0.2, 0.25) is 5.43 Å². The second kappa shape index (κ2) is 11.2. The molecule has 1 fully saturated rings. The van der Waals surface area contributed by atoms with Crippen molar-refractivity contribution < 1.29 is 37.0 Å². The lowest BCUT2D eigenvalue weighted by molar-refractivity contribution is -0.124. The first-order valence-corrected chi connectivity index (χ1v) is 12.8. The van der Waals surface area contributed by atoms with Crippen molar-refractivity contribution >= 4 is 17.6 Å². The molecular weight excluding hydrogens is 543 g/mol. The minimum atomic E-state index is -1.21. The van der Waals surface area contributed by atoms with Gasteiger partial charge in [0.25, 0.3) is 11.8 Å². The number of fused-ring (bicyclic) bond motifs is 4. The number of hydrogen-bond donors (Lipinski definition) is 1. The Morgan fingerprint density at radius 3 is 2.41 bits per heavy atom. The zero-order valence-corrected chi connectivity index (χ0v) is 22.2. The van der Waals surface area contributed by atoms with Crippen LogP contribution in [-0.2, 0) is 22.7 Å². The fraction of sp³-hybridized carbons (Fsp3) is 0.310. The fourth-order valence-corrected chi connectivity index (χ4v) is 5.17. The molecule has 41 heavy (non-hydrogen) atoms. The molecule has 1 saturated heterocycles. The Bertz CT molecular complexity index is 1570. The first kappa shape index (κ1) is 28.1. The quantitative estimate of drug-likeness (QED) is 0.469. The largest absolute Gasteiger partial charge is 0.483 e. The minimum absolute atomic E-state index is 0.0114. The van der Waals surface area contributed by atoms with Gasteiger partial charge >= 0.3 is 0 Å². The summed E-state index contributed by atoms with van der Waals surface area (Å²) in [5.41, 5.74) is -1.44. The van der Waals surface area contributed by atoms with Crippen LogP contribution < -0.4 is 15.5 Å². The van der Waals surface area contributed by atoms with Crippen molar-refractivity contribution in [3.8, 4) is 5.75 Å². The molecule has 0 aliphatic carbocycles. The molecule has 9 nitrogen and oxygen atoms in total. The second-order valence-corrected chi connectivity index (χ2v) is 9.91. The molecule has 12 heteroatoms. The second-order valence-electron chi connectivity index (χ2n) is 9.91. The molecule has 0 unspecified atom stereocenters. The highest BCUT2D eigenvalue weighted by Crippen LogP contribution is 2.35. The van der Waals surface area contributed by atoms with Crippen LogP contribution in [0, 0.1) is 17.5 Å². The fourth-order valence-electron chi connectivity index (χ4n) is 5.17. The molecule has 2 aromatic carbocycles. The zero-order chi connectivity index (χ0) is 29.4. The topological polar surface area (TPSA) is 107 Å². The van der Waals surface area contributed by atoms with Gasteiger partial charge in [0.1, 0.15) is 29.6 Å². The van der Waals surface area contributed by atoms with Gasteiger partial charge in [-0.15, -0.1) is 0 Å². The highest BCUT2D eigenvalue weighted by atomic mass is 19.1. The van der Waals surface area contributed by atoms with Crippen molar-refractivity contribution in [3.05, 3.63) is 98.7 Å². The van der Waals surface area contributed by atoms with Gasteiger partial charge < -0.3 is 24.3 Å². The maximum absolute atomic E-state index is 14.2. The summed E-state index contributed by atoms with van der Waals surface area (Å²) in [4.78, 5) is 54.8. The van der Waals surface area contributed by atoms with Crippen LogP contribution in [-0.4, -0.2) is 52.9 Å². The van der Waals surface area contributed by atoms with Crippen LogP contribution >= 0.6 is 0 Å². The number of methoxy groups -OCH3 is 1. The minimum Gasteiger partial charge on any atom is -0.483 e. The lowest BCUT2D eigenvalue weighted by atomic mass is 10.0. The van der Waals surface area contributed by atoms with E-state index in [1.807, 2.05) is 0 Å². The van der Waals surface area contributed by atoms with E-state index in [4.69, 9.17) is 9.47 Å². The Kier molecular flexibility index (Phi) is 7.68. The van der Waals surface area contributed by atoms with Crippen LogP contribution in [0.1, 0.15) is 51.4 Å². The van der Waals surface area contributed by atoms with E-state index in [-0.39, 0.29) is 31.0 Å². The van der Waals surface area contributed by atoms with Crippen molar-refractivity contribution in [2.24, 2.45) is 0 Å². The molecule has 1 aromatic heterocycles. The van der Waals surface area contributed by atoms with Gasteiger partial charge in [-0.05, 0) is 12.5 Å². The zero-order valence-electron chi connectivity index (χ0n) is 22.2. The van der Waals surface area contributed by atoms with Crippen molar-refractivity contribution in [3.63, 3.8) is 0 Å². The Balaban J connectivity index is 1.59. The van der Waals surface area contributed by atoms with Crippen molar-refractivity contribution in [1.82, 2.24) is 14.8 Å². The van der Waals surface area contributed by atoms with Gasteiger partial charge in [-0.3, -0.25) is 19.2 Å². The summed E-state index contributed by atoms with van der Waals surface area (Å²) < 4.78 is 54.5. The summed E-state index contributed by atoms with van der Waals surface area (Å²) in [6.45, 7) is 0.885. The lowest BCUT2D eigenvalue weighted by Crippen LogP contribution is -2.50. The number of nitrogens with one attached hydrogen (secondary N) is 1. The van der Waals surface area contributed by atoms with E-state index in [0.717, 1.165) is 0 Å². The number of hydrogen-bond acceptors (Lipinski definition) is 6. The third kappa shape index (κ3) is 5.22. The average molecular weight is 570 g/mol. The summed E-state index contributed by atoms with van der Waals surface area (Å²) in [7, 11) is 1.42. The maximum atomic E-state index is 14.2. The van der Waals surface area contributed by atoms with Gasteiger partial charge in [-0.1, -0.05) is 30.3 Å². The highest BCUT2D eigenvalue weighted by Gasteiger charge is 2.45. The van der Waals surface area contributed by atoms with Gasteiger partial charge in [-0.25, -0.2) is 13.2 Å². The lowest BCUT2D eigenvalue weighted by Gasteiger charge is -2.38. The number of nitrogens with zero attached hydrogens (tertiary/aromatic N) is 2. The summed E-state index contributed by atoms with van der Waals surface area (Å²) in [5, 5.41) is 2.29. The Labute approximate surface area is 232 Å². The highest BCUT2D eigenvalue weighted by molar-refractivity contribution is 6.01. The molecule has 0 spiro atoms. The van der Waals surface area contributed by atoms with Crippen molar-refractivity contribution in [2.45, 2.75) is 44.7 Å². The Morgan fingerprint density at radius 2 is 1.76 bits per heavy atom. The van der Waals surface area contributed by atoms with E-state index >= 15 is 0 Å². The predicted octanol–water partition coefficient (Wildman–Crippen LogP) is 3.15. The number of ketones is 1. The normalized spacial score (nSPS) is 19.9. The number of pyridine rings is 1. The molecule has 2 aliphatic rings. The number of Topliss-reactive ketones (excluding diaryl/α,β-unsaturated/α-hetero) is 1. The number of aromatic nitrogens is 1. The first-order valence-electron chi connectivity index (χ1n) is 12.8. The smallest absolute Gasteiger partial charge is 0.275 e. The van der Waals surface area contributed by atoms with E-state index in [2.05, 4.69) is 5.32 Å². The molecule has 1 N–H and O–H groups in total. The molecule has 5 rings (SSSR count). The summed E-state index contributed by atoms with van der Waals surface area (Å²) in [5.74, 6) is -5.79. The third-order valence-electron chi connectivity index (χ3n) is 7.47. The Morgan fingerprint density at radius 1 is 1.07 bits per heavy atom. The van der Waals surface area contributed by atoms with Gasteiger partial charge in [0, 0.05) is 50.5 Å². The van der Waals surface area contributed by atoms with Crippen LogP contribution in [0.2, 0.25) is 0 Å². The number of halogens is 3. The molecule has 2 bridgehead atoms. The molecule has 2 aliphatic heterocycles. The predicted molar refractivity (Wildman–Crippen MR) is 139 cm³/mol. The summed E-state index contributed by atoms with van der Waals surface area (Å²) >= 11 is 0. The molecule has 0 radical (unpaired) electrons. The Hall–Kier alpha value is -4.45. The first-order chi connectivity index (χ1) is 19.6. The number of carbonyl (C=O) groups excluding carboxylic acids is 3. The standard InChI is InChI=1S/C29H26F3N3O6/c1-15-23(36)10-24(40-2)22-13-34(15)29(39)25-27(41-14-16-6-4-3-5-7-16)26(37)19(12-35(22)25)28(38)33-11-18-20(31)8-17(30)9-21(18)32/h3-9,12,15,22,24H,10-11,13-14H2,1-2H3,(H,33,38)/t15-,22+,24+/m0/s1. The number of benzene rings is 2. The van der Waals surface area contributed by atoms with E-state index in [1.54, 1.807) is 37.3 Å². The van der Waals surface area contributed by atoms with Crippen molar-refractivity contribution in [2.75, 3.05) is 13.7 Å². The number of ether oxygens (including phenoxy) is 2. The number of amides is 2. The average Bonchev–Trinajstić information content (AvgIpc) is 3.05.